The Kier molecular flexibility index (Phi) is 6.72. The molecule has 28 heavy (non-hydrogen) atoms. The summed E-state index contributed by atoms with van der Waals surface area (Å²) >= 11 is 6.24. The SMILES string of the molecule is Cc1ccc(S(=O)(=O)N(CC(=O)N2CCOCC2)Cc2ccccc2Cl)cc1. The highest BCUT2D eigenvalue weighted by molar-refractivity contribution is 7.89. The number of hydrogen-bond acceptors (Lipinski definition) is 4. The van der Waals surface area contributed by atoms with Crippen LogP contribution in [0.4, 0.5) is 0 Å². The number of carbonyl (C=O) groups excluding carboxylic acids is 1. The smallest absolute Gasteiger partial charge is 0.243 e. The first-order chi connectivity index (χ1) is 13.4. The average molecular weight is 423 g/mol. The van der Waals surface area contributed by atoms with E-state index in [0.29, 0.717) is 36.9 Å². The van der Waals surface area contributed by atoms with Crippen LogP contribution in [0.5, 0.6) is 0 Å². The molecule has 1 saturated heterocycles. The second kappa shape index (κ2) is 9.05. The number of halogens is 1. The molecule has 1 aliphatic rings. The Hall–Kier alpha value is -1.93. The van der Waals surface area contributed by atoms with E-state index in [1.807, 2.05) is 6.92 Å². The number of hydrogen-bond donors (Lipinski definition) is 0. The first-order valence-corrected chi connectivity index (χ1v) is 10.9. The van der Waals surface area contributed by atoms with Crippen molar-refractivity contribution in [1.82, 2.24) is 9.21 Å². The third-order valence-electron chi connectivity index (χ3n) is 4.64. The number of sulfonamides is 1. The third kappa shape index (κ3) is 4.91. The van der Waals surface area contributed by atoms with Crippen molar-refractivity contribution >= 4 is 27.5 Å². The summed E-state index contributed by atoms with van der Waals surface area (Å²) in [6.07, 6.45) is 0. The Morgan fingerprint density at radius 1 is 1.11 bits per heavy atom. The van der Waals surface area contributed by atoms with Gasteiger partial charge in [0.05, 0.1) is 24.7 Å². The minimum Gasteiger partial charge on any atom is -0.378 e. The fraction of sp³-hybridized carbons (Fsp3) is 0.350. The lowest BCUT2D eigenvalue weighted by Crippen LogP contribution is -2.46. The Labute approximate surface area is 170 Å². The standard InChI is InChI=1S/C20H23ClN2O4S/c1-16-6-8-18(9-7-16)28(25,26)23(14-17-4-2-3-5-19(17)21)15-20(24)22-10-12-27-13-11-22/h2-9H,10-15H2,1H3. The fourth-order valence-corrected chi connectivity index (χ4v) is 4.53. The molecule has 1 aliphatic heterocycles. The van der Waals surface area contributed by atoms with Gasteiger partial charge in [0.1, 0.15) is 0 Å². The van der Waals surface area contributed by atoms with Gasteiger partial charge in [-0.05, 0) is 30.7 Å². The maximum atomic E-state index is 13.3. The highest BCUT2D eigenvalue weighted by Crippen LogP contribution is 2.23. The van der Waals surface area contributed by atoms with Crippen molar-refractivity contribution in [2.75, 3.05) is 32.8 Å². The largest absolute Gasteiger partial charge is 0.378 e. The molecule has 1 fully saturated rings. The van der Waals surface area contributed by atoms with Crippen molar-refractivity contribution in [3.8, 4) is 0 Å². The average Bonchev–Trinajstić information content (AvgIpc) is 2.70. The van der Waals surface area contributed by atoms with Gasteiger partial charge in [0.15, 0.2) is 0 Å². The number of carbonyl (C=O) groups is 1. The van der Waals surface area contributed by atoms with Crippen molar-refractivity contribution < 1.29 is 17.9 Å². The molecule has 0 N–H and O–H groups in total. The molecule has 3 rings (SSSR count). The Morgan fingerprint density at radius 3 is 2.39 bits per heavy atom. The molecule has 0 bridgehead atoms. The number of ether oxygens (including phenoxy) is 1. The topological polar surface area (TPSA) is 66.9 Å². The summed E-state index contributed by atoms with van der Waals surface area (Å²) in [5.41, 5.74) is 1.61. The maximum absolute atomic E-state index is 13.3. The Balaban J connectivity index is 1.90. The third-order valence-corrected chi connectivity index (χ3v) is 6.81. The number of aryl methyl sites for hydroxylation is 1. The lowest BCUT2D eigenvalue weighted by Gasteiger charge is -2.30. The van der Waals surface area contributed by atoms with Gasteiger partial charge in [-0.1, -0.05) is 47.5 Å². The van der Waals surface area contributed by atoms with Gasteiger partial charge < -0.3 is 9.64 Å². The van der Waals surface area contributed by atoms with Gasteiger partial charge in [0.2, 0.25) is 15.9 Å². The van der Waals surface area contributed by atoms with Gasteiger partial charge in [-0.15, -0.1) is 0 Å². The van der Waals surface area contributed by atoms with E-state index in [9.17, 15) is 13.2 Å². The first kappa shape index (κ1) is 20.8. The van der Waals surface area contributed by atoms with E-state index in [4.69, 9.17) is 16.3 Å². The molecule has 0 saturated carbocycles. The molecular weight excluding hydrogens is 400 g/mol. The monoisotopic (exact) mass is 422 g/mol. The van der Waals surface area contributed by atoms with Gasteiger partial charge in [-0.2, -0.15) is 4.31 Å². The molecule has 0 aliphatic carbocycles. The van der Waals surface area contributed by atoms with Gasteiger partial charge in [0.25, 0.3) is 0 Å². The van der Waals surface area contributed by atoms with Crippen molar-refractivity contribution in [2.45, 2.75) is 18.4 Å². The zero-order valence-electron chi connectivity index (χ0n) is 15.7. The first-order valence-electron chi connectivity index (χ1n) is 9.03. The predicted molar refractivity (Wildman–Crippen MR) is 108 cm³/mol. The summed E-state index contributed by atoms with van der Waals surface area (Å²) in [6, 6.07) is 13.6. The van der Waals surface area contributed by atoms with Crippen LogP contribution in [0.15, 0.2) is 53.4 Å². The normalized spacial score (nSPS) is 15.0. The molecule has 1 heterocycles. The second-order valence-electron chi connectivity index (χ2n) is 6.67. The molecule has 2 aromatic carbocycles. The van der Waals surface area contributed by atoms with Gasteiger partial charge >= 0.3 is 0 Å². The number of nitrogens with zero attached hydrogens (tertiary/aromatic N) is 2. The lowest BCUT2D eigenvalue weighted by atomic mass is 10.2. The van der Waals surface area contributed by atoms with Crippen LogP contribution in [0.25, 0.3) is 0 Å². The highest BCUT2D eigenvalue weighted by Gasteiger charge is 2.29. The van der Waals surface area contributed by atoms with E-state index in [2.05, 4.69) is 0 Å². The molecule has 8 heteroatoms. The highest BCUT2D eigenvalue weighted by atomic mass is 35.5. The fourth-order valence-electron chi connectivity index (χ4n) is 2.97. The summed E-state index contributed by atoms with van der Waals surface area (Å²) in [5.74, 6) is -0.244. The number of amides is 1. The summed E-state index contributed by atoms with van der Waals surface area (Å²) < 4.78 is 33.0. The van der Waals surface area contributed by atoms with Crippen LogP contribution >= 0.6 is 11.6 Å². The quantitative estimate of drug-likeness (QED) is 0.717. The molecule has 0 spiro atoms. The van der Waals surface area contributed by atoms with E-state index < -0.39 is 10.0 Å². The van der Waals surface area contributed by atoms with Gasteiger partial charge in [-0.3, -0.25) is 4.79 Å². The summed E-state index contributed by atoms with van der Waals surface area (Å²) in [4.78, 5) is 14.5. The van der Waals surface area contributed by atoms with Gasteiger partial charge in [0, 0.05) is 24.7 Å². The molecule has 0 unspecified atom stereocenters. The minimum absolute atomic E-state index is 0.0198. The summed E-state index contributed by atoms with van der Waals surface area (Å²) in [6.45, 7) is 3.50. The zero-order chi connectivity index (χ0) is 20.1. The number of morpholine rings is 1. The van der Waals surface area contributed by atoms with Crippen LogP contribution in [0.1, 0.15) is 11.1 Å². The van der Waals surface area contributed by atoms with Crippen molar-refractivity contribution in [1.29, 1.82) is 0 Å². The van der Waals surface area contributed by atoms with Crippen LogP contribution in [0, 0.1) is 6.92 Å². The van der Waals surface area contributed by atoms with Crippen LogP contribution < -0.4 is 0 Å². The van der Waals surface area contributed by atoms with Crippen molar-refractivity contribution in [2.24, 2.45) is 0 Å². The molecule has 1 amide bonds. The molecule has 0 radical (unpaired) electrons. The Bertz CT molecular complexity index is 925. The van der Waals surface area contributed by atoms with E-state index in [1.165, 1.54) is 4.31 Å². The van der Waals surface area contributed by atoms with Gasteiger partial charge in [-0.25, -0.2) is 8.42 Å². The van der Waals surface area contributed by atoms with Crippen LogP contribution in [-0.2, 0) is 26.1 Å². The lowest BCUT2D eigenvalue weighted by molar-refractivity contribution is -0.135. The van der Waals surface area contributed by atoms with E-state index >= 15 is 0 Å². The number of rotatable bonds is 6. The molecular formula is C20H23ClN2O4S. The van der Waals surface area contributed by atoms with Crippen molar-refractivity contribution in [3.05, 3.63) is 64.7 Å². The van der Waals surface area contributed by atoms with E-state index in [1.54, 1.807) is 53.4 Å². The predicted octanol–water partition coefficient (Wildman–Crippen LogP) is 2.70. The molecule has 0 aromatic heterocycles. The molecule has 2 aromatic rings. The molecule has 150 valence electrons. The zero-order valence-corrected chi connectivity index (χ0v) is 17.2. The molecule has 6 nitrogen and oxygen atoms in total. The van der Waals surface area contributed by atoms with E-state index in [0.717, 1.165) is 5.56 Å². The van der Waals surface area contributed by atoms with E-state index in [-0.39, 0.29) is 23.9 Å². The maximum Gasteiger partial charge on any atom is 0.243 e. The van der Waals surface area contributed by atoms with Crippen LogP contribution in [0.3, 0.4) is 0 Å². The van der Waals surface area contributed by atoms with Crippen molar-refractivity contribution in [3.63, 3.8) is 0 Å². The van der Waals surface area contributed by atoms with Crippen LogP contribution in [-0.4, -0.2) is 56.4 Å². The summed E-state index contributed by atoms with van der Waals surface area (Å²) in [5, 5.41) is 0.463. The summed E-state index contributed by atoms with van der Waals surface area (Å²) in [7, 11) is -3.87. The molecule has 0 atom stereocenters. The minimum atomic E-state index is -3.87. The second-order valence-corrected chi connectivity index (χ2v) is 9.02. The Morgan fingerprint density at radius 2 is 1.75 bits per heavy atom. The number of benzene rings is 2. The van der Waals surface area contributed by atoms with Crippen LogP contribution in [0.2, 0.25) is 5.02 Å².